The fourth-order valence-electron chi connectivity index (χ4n) is 2.86. The Balaban J connectivity index is 4.27. The summed E-state index contributed by atoms with van der Waals surface area (Å²) in [5.74, 6) is 0.484. The van der Waals surface area contributed by atoms with Crippen molar-refractivity contribution >= 4 is 5.97 Å². The normalized spacial score (nSPS) is 14.3. The quantitative estimate of drug-likeness (QED) is 0.156. The van der Waals surface area contributed by atoms with E-state index in [1.54, 1.807) is 0 Å². The van der Waals surface area contributed by atoms with Gasteiger partial charge >= 0.3 is 5.97 Å². The van der Waals surface area contributed by atoms with Gasteiger partial charge in [0, 0.05) is 6.08 Å². The zero-order valence-corrected chi connectivity index (χ0v) is 15.9. The zero-order chi connectivity index (χ0) is 17.5. The van der Waals surface area contributed by atoms with Crippen molar-refractivity contribution in [1.82, 2.24) is 0 Å². The molecule has 0 fully saturated rings. The summed E-state index contributed by atoms with van der Waals surface area (Å²) in [4.78, 5) is 11.3. The minimum absolute atomic E-state index is 0.158. The number of carbonyl (C=O) groups excluding carboxylic acids is 1. The smallest absolute Gasteiger partial charge is 0.330 e. The lowest BCUT2D eigenvalue weighted by Crippen LogP contribution is -2.11. The monoisotopic (exact) mass is 322 g/mol. The Hall–Kier alpha value is -1.05. The Labute approximate surface area is 144 Å². The second kappa shape index (κ2) is 14.5. The minimum Gasteiger partial charge on any atom is -0.455 e. The largest absolute Gasteiger partial charge is 0.455 e. The average molecular weight is 323 g/mol. The molecule has 0 aromatic carbocycles. The summed E-state index contributed by atoms with van der Waals surface area (Å²) in [6.45, 7) is 12.2. The number of allylic oxidation sites excluding steroid dienone is 1. The third-order valence-electron chi connectivity index (χ3n) is 4.29. The van der Waals surface area contributed by atoms with Crippen LogP contribution in [0.4, 0.5) is 0 Å². The van der Waals surface area contributed by atoms with Gasteiger partial charge in [0.25, 0.3) is 0 Å². The Morgan fingerprint density at radius 3 is 2.22 bits per heavy atom. The molecule has 0 radical (unpaired) electrons. The van der Waals surface area contributed by atoms with Gasteiger partial charge in [-0.1, -0.05) is 71.4 Å². The maximum absolute atomic E-state index is 11.3. The molecule has 2 heteroatoms. The van der Waals surface area contributed by atoms with Gasteiger partial charge in [-0.05, 0) is 44.6 Å². The van der Waals surface area contributed by atoms with E-state index < -0.39 is 0 Å². The van der Waals surface area contributed by atoms with E-state index in [4.69, 9.17) is 4.74 Å². The molecular formula is C21H38O2. The Morgan fingerprint density at radius 2 is 1.61 bits per heavy atom. The van der Waals surface area contributed by atoms with Crippen molar-refractivity contribution in [2.45, 2.75) is 98.0 Å². The van der Waals surface area contributed by atoms with E-state index in [1.165, 1.54) is 63.0 Å². The van der Waals surface area contributed by atoms with Gasteiger partial charge in [0.2, 0.25) is 0 Å². The average Bonchev–Trinajstić information content (AvgIpc) is 2.52. The summed E-state index contributed by atoms with van der Waals surface area (Å²) < 4.78 is 5.27. The summed E-state index contributed by atoms with van der Waals surface area (Å²) in [6.07, 6.45) is 15.8. The van der Waals surface area contributed by atoms with Crippen molar-refractivity contribution in [3.05, 3.63) is 24.3 Å². The van der Waals surface area contributed by atoms with Crippen LogP contribution in [0.5, 0.6) is 0 Å². The summed E-state index contributed by atoms with van der Waals surface area (Å²) >= 11 is 0. The van der Waals surface area contributed by atoms with Crippen molar-refractivity contribution in [3.8, 4) is 0 Å². The van der Waals surface area contributed by atoms with E-state index in [0.717, 1.165) is 18.8 Å². The summed E-state index contributed by atoms with van der Waals surface area (Å²) in [6, 6.07) is 0. The predicted molar refractivity (Wildman–Crippen MR) is 101 cm³/mol. The highest BCUT2D eigenvalue weighted by atomic mass is 16.5. The maximum Gasteiger partial charge on any atom is 0.330 e. The first kappa shape index (κ1) is 21.9. The van der Waals surface area contributed by atoms with Crippen LogP contribution >= 0.6 is 0 Å². The molecule has 0 N–H and O–H groups in total. The molecule has 0 aromatic heterocycles. The molecule has 0 amide bonds. The van der Waals surface area contributed by atoms with Crippen molar-refractivity contribution in [2.75, 3.05) is 0 Å². The molecule has 0 rings (SSSR count). The van der Waals surface area contributed by atoms with Crippen LogP contribution in [-0.4, -0.2) is 12.1 Å². The molecule has 134 valence electrons. The SMILES string of the molecule is C=CC(=O)OC(C)/C=C(\CCCC)CCC[C@@H](C)CCCCC. The molecule has 0 aliphatic rings. The van der Waals surface area contributed by atoms with Crippen molar-refractivity contribution < 1.29 is 9.53 Å². The molecule has 0 spiro atoms. The van der Waals surface area contributed by atoms with Crippen LogP contribution in [0, 0.1) is 5.92 Å². The van der Waals surface area contributed by atoms with Gasteiger partial charge in [-0.3, -0.25) is 0 Å². The molecule has 0 bridgehead atoms. The predicted octanol–water partition coefficient (Wildman–Crippen LogP) is 6.61. The van der Waals surface area contributed by atoms with Gasteiger partial charge in [0.1, 0.15) is 6.10 Å². The molecular weight excluding hydrogens is 284 g/mol. The zero-order valence-electron chi connectivity index (χ0n) is 15.9. The van der Waals surface area contributed by atoms with Crippen LogP contribution in [0.2, 0.25) is 0 Å². The van der Waals surface area contributed by atoms with E-state index in [2.05, 4.69) is 33.4 Å². The lowest BCUT2D eigenvalue weighted by Gasteiger charge is -2.14. The van der Waals surface area contributed by atoms with Crippen LogP contribution in [-0.2, 0) is 9.53 Å². The van der Waals surface area contributed by atoms with Gasteiger partial charge < -0.3 is 4.74 Å². The first-order valence-electron chi connectivity index (χ1n) is 9.56. The van der Waals surface area contributed by atoms with Crippen molar-refractivity contribution in [3.63, 3.8) is 0 Å². The molecule has 0 aliphatic carbocycles. The van der Waals surface area contributed by atoms with Gasteiger partial charge in [0.15, 0.2) is 0 Å². The third kappa shape index (κ3) is 13.1. The molecule has 0 heterocycles. The lowest BCUT2D eigenvalue weighted by molar-refractivity contribution is -0.140. The number of rotatable bonds is 14. The molecule has 0 aromatic rings. The minimum atomic E-state index is -0.340. The first-order valence-corrected chi connectivity index (χ1v) is 9.56. The topological polar surface area (TPSA) is 26.3 Å². The Bertz CT molecular complexity index is 344. The molecule has 23 heavy (non-hydrogen) atoms. The van der Waals surface area contributed by atoms with Gasteiger partial charge in [-0.2, -0.15) is 0 Å². The van der Waals surface area contributed by atoms with Crippen LogP contribution in [0.25, 0.3) is 0 Å². The van der Waals surface area contributed by atoms with Gasteiger partial charge in [0.05, 0.1) is 0 Å². The lowest BCUT2D eigenvalue weighted by atomic mass is 9.94. The van der Waals surface area contributed by atoms with Crippen LogP contribution in [0.1, 0.15) is 91.9 Å². The van der Waals surface area contributed by atoms with Crippen LogP contribution in [0.3, 0.4) is 0 Å². The summed E-state index contributed by atoms with van der Waals surface area (Å²) in [5.41, 5.74) is 1.44. The Kier molecular flexibility index (Phi) is 13.9. The Morgan fingerprint density at radius 1 is 1.00 bits per heavy atom. The molecule has 2 atom stereocenters. The number of hydrogen-bond donors (Lipinski definition) is 0. The number of carbonyl (C=O) groups is 1. The number of esters is 1. The highest BCUT2D eigenvalue weighted by Crippen LogP contribution is 2.21. The second-order valence-electron chi connectivity index (χ2n) is 6.77. The van der Waals surface area contributed by atoms with E-state index in [9.17, 15) is 4.79 Å². The van der Waals surface area contributed by atoms with Crippen molar-refractivity contribution in [1.29, 1.82) is 0 Å². The second-order valence-corrected chi connectivity index (χ2v) is 6.77. The number of hydrogen-bond acceptors (Lipinski definition) is 2. The fourth-order valence-corrected chi connectivity index (χ4v) is 2.86. The van der Waals surface area contributed by atoms with E-state index in [-0.39, 0.29) is 12.1 Å². The molecule has 2 nitrogen and oxygen atoms in total. The highest BCUT2D eigenvalue weighted by Gasteiger charge is 2.07. The number of ether oxygens (including phenoxy) is 1. The standard InChI is InChI=1S/C21H38O2/c1-6-9-11-13-18(4)14-12-16-20(15-10-7-2)17-19(5)23-21(22)8-3/h8,17-19H,3,6-7,9-16H2,1-2,4-5H3/b20-17+/t18-,19?/m0/s1. The van der Waals surface area contributed by atoms with Gasteiger partial charge in [-0.25, -0.2) is 4.79 Å². The molecule has 0 saturated carbocycles. The van der Waals surface area contributed by atoms with E-state index in [1.807, 2.05) is 6.92 Å². The highest BCUT2D eigenvalue weighted by molar-refractivity contribution is 5.81. The summed E-state index contributed by atoms with van der Waals surface area (Å²) in [5, 5.41) is 0. The van der Waals surface area contributed by atoms with E-state index in [0.29, 0.717) is 0 Å². The fraction of sp³-hybridized carbons (Fsp3) is 0.762. The number of unbranched alkanes of at least 4 members (excludes halogenated alkanes) is 3. The molecule has 0 aliphatic heterocycles. The van der Waals surface area contributed by atoms with Crippen molar-refractivity contribution in [2.24, 2.45) is 5.92 Å². The van der Waals surface area contributed by atoms with Crippen LogP contribution in [0.15, 0.2) is 24.3 Å². The van der Waals surface area contributed by atoms with Crippen LogP contribution < -0.4 is 0 Å². The molecule has 0 saturated heterocycles. The molecule has 1 unspecified atom stereocenters. The maximum atomic E-state index is 11.3. The van der Waals surface area contributed by atoms with Gasteiger partial charge in [-0.15, -0.1) is 0 Å². The first-order chi connectivity index (χ1) is 11.0. The van der Waals surface area contributed by atoms with E-state index >= 15 is 0 Å². The third-order valence-corrected chi connectivity index (χ3v) is 4.29. The summed E-state index contributed by atoms with van der Waals surface area (Å²) in [7, 11) is 0.